The molecule has 142 valence electrons. The van der Waals surface area contributed by atoms with Crippen molar-refractivity contribution in [2.75, 3.05) is 18.6 Å². The predicted molar refractivity (Wildman–Crippen MR) is 94.8 cm³/mol. The van der Waals surface area contributed by atoms with Gasteiger partial charge in [0.05, 0.1) is 24.2 Å². The van der Waals surface area contributed by atoms with Crippen LogP contribution in [0, 0.1) is 0 Å². The molecule has 0 bridgehead atoms. The summed E-state index contributed by atoms with van der Waals surface area (Å²) in [4.78, 5) is 35.8. The highest BCUT2D eigenvalue weighted by atomic mass is 32.2. The van der Waals surface area contributed by atoms with E-state index in [2.05, 4.69) is 4.74 Å². The van der Waals surface area contributed by atoms with Gasteiger partial charge in [0.1, 0.15) is 0 Å². The molecule has 1 heterocycles. The van der Waals surface area contributed by atoms with Crippen LogP contribution in [0.5, 0.6) is 0 Å². The molecule has 1 aliphatic rings. The highest BCUT2D eigenvalue weighted by Crippen LogP contribution is 2.33. The average Bonchev–Trinajstić information content (AvgIpc) is 2.93. The highest BCUT2D eigenvalue weighted by Gasteiger charge is 2.30. The van der Waals surface area contributed by atoms with Crippen LogP contribution in [0.3, 0.4) is 0 Å². The van der Waals surface area contributed by atoms with E-state index in [0.29, 0.717) is 11.3 Å². The maximum absolute atomic E-state index is 12.4. The molecule has 1 N–H and O–H groups in total. The summed E-state index contributed by atoms with van der Waals surface area (Å²) < 4.78 is 32.6. The number of thioether (sulfide) groups is 1. The van der Waals surface area contributed by atoms with Gasteiger partial charge in [-0.05, 0) is 25.5 Å². The van der Waals surface area contributed by atoms with E-state index in [4.69, 9.17) is 4.74 Å². The molecular weight excluding hydrogens is 382 g/mol. The molecule has 1 fully saturated rings. The van der Waals surface area contributed by atoms with E-state index >= 15 is 0 Å². The number of hydrogen-bond donors (Lipinski definition) is 1. The summed E-state index contributed by atoms with van der Waals surface area (Å²) in [5.41, 5.74) is 0.236. The molecule has 0 spiro atoms. The molecular formula is C16H19NO7S2. The first-order valence-electron chi connectivity index (χ1n) is 7.77. The Bertz CT molecular complexity index is 807. The fourth-order valence-electron chi connectivity index (χ4n) is 2.30. The molecule has 0 aliphatic carbocycles. The van der Waals surface area contributed by atoms with Crippen molar-refractivity contribution in [1.29, 1.82) is 0 Å². The molecule has 2 amide bonds. The third kappa shape index (κ3) is 5.46. The van der Waals surface area contributed by atoms with E-state index in [-0.39, 0.29) is 22.3 Å². The number of carbonyl (C=O) groups excluding carboxylic acids is 3. The summed E-state index contributed by atoms with van der Waals surface area (Å²) in [6.07, 6.45) is -1.63. The number of imide groups is 1. The number of esters is 1. The SMILES string of the molecule is COC(=O)NC(=O)[C@@H](C)OC(=O)c1ccccc1S[C@@H]1CCS(=O)(=O)C1. The Kier molecular flexibility index (Phi) is 6.65. The second kappa shape index (κ2) is 8.54. The molecule has 1 aromatic rings. The molecule has 1 aromatic carbocycles. The van der Waals surface area contributed by atoms with Crippen LogP contribution in [-0.2, 0) is 24.1 Å². The third-order valence-corrected chi connectivity index (χ3v) is 6.98. The first-order valence-corrected chi connectivity index (χ1v) is 10.5. The molecule has 0 radical (unpaired) electrons. The molecule has 1 aliphatic heterocycles. The van der Waals surface area contributed by atoms with Gasteiger partial charge >= 0.3 is 12.1 Å². The van der Waals surface area contributed by atoms with Gasteiger partial charge < -0.3 is 9.47 Å². The van der Waals surface area contributed by atoms with E-state index in [1.807, 2.05) is 5.32 Å². The first kappa shape index (κ1) is 20.2. The quantitative estimate of drug-likeness (QED) is 0.736. The Balaban J connectivity index is 2.05. The maximum Gasteiger partial charge on any atom is 0.413 e. The Morgan fingerprint density at radius 1 is 1.27 bits per heavy atom. The first-order chi connectivity index (χ1) is 12.2. The van der Waals surface area contributed by atoms with Crippen molar-refractivity contribution in [2.45, 2.75) is 29.6 Å². The summed E-state index contributed by atoms with van der Waals surface area (Å²) in [5.74, 6) is -1.33. The minimum Gasteiger partial charge on any atom is -0.453 e. The molecule has 1 saturated heterocycles. The Hall–Kier alpha value is -2.07. The van der Waals surface area contributed by atoms with Gasteiger partial charge in [0.15, 0.2) is 15.9 Å². The maximum atomic E-state index is 12.4. The number of sulfone groups is 1. The van der Waals surface area contributed by atoms with Crippen LogP contribution in [0.25, 0.3) is 0 Å². The van der Waals surface area contributed by atoms with Crippen molar-refractivity contribution in [1.82, 2.24) is 5.32 Å². The number of methoxy groups -OCH3 is 1. The average molecular weight is 401 g/mol. The van der Waals surface area contributed by atoms with Crippen molar-refractivity contribution < 1.29 is 32.3 Å². The molecule has 2 rings (SSSR count). The zero-order chi connectivity index (χ0) is 19.3. The largest absolute Gasteiger partial charge is 0.453 e. The van der Waals surface area contributed by atoms with E-state index in [1.165, 1.54) is 18.7 Å². The lowest BCUT2D eigenvalue weighted by molar-refractivity contribution is -0.128. The van der Waals surface area contributed by atoms with Gasteiger partial charge in [-0.1, -0.05) is 12.1 Å². The lowest BCUT2D eigenvalue weighted by atomic mass is 10.2. The molecule has 26 heavy (non-hydrogen) atoms. The van der Waals surface area contributed by atoms with E-state index < -0.39 is 33.9 Å². The van der Waals surface area contributed by atoms with Gasteiger partial charge in [0.25, 0.3) is 5.91 Å². The fraction of sp³-hybridized carbons (Fsp3) is 0.438. The second-order valence-electron chi connectivity index (χ2n) is 5.67. The molecule has 0 unspecified atom stereocenters. The number of amides is 2. The van der Waals surface area contributed by atoms with Crippen molar-refractivity contribution >= 4 is 39.6 Å². The summed E-state index contributed by atoms with van der Waals surface area (Å²) in [6, 6.07) is 6.62. The van der Waals surface area contributed by atoms with Crippen LogP contribution in [-0.4, -0.2) is 56.4 Å². The number of ether oxygens (including phenoxy) is 2. The number of carbonyl (C=O) groups is 3. The third-order valence-electron chi connectivity index (χ3n) is 3.65. The molecule has 0 saturated carbocycles. The molecule has 10 heteroatoms. The number of hydrogen-bond acceptors (Lipinski definition) is 8. The minimum absolute atomic E-state index is 0.0684. The predicted octanol–water partition coefficient (Wildman–Crippen LogP) is 1.39. The summed E-state index contributed by atoms with van der Waals surface area (Å²) >= 11 is 1.30. The summed E-state index contributed by atoms with van der Waals surface area (Å²) in [6.45, 7) is 1.33. The van der Waals surface area contributed by atoms with Gasteiger partial charge in [-0.2, -0.15) is 0 Å². The van der Waals surface area contributed by atoms with Crippen LogP contribution in [0.4, 0.5) is 4.79 Å². The number of rotatable bonds is 5. The summed E-state index contributed by atoms with van der Waals surface area (Å²) in [5, 5.41) is 1.79. The Morgan fingerprint density at radius 3 is 2.58 bits per heavy atom. The minimum atomic E-state index is -3.03. The van der Waals surface area contributed by atoms with Crippen LogP contribution in [0.2, 0.25) is 0 Å². The van der Waals surface area contributed by atoms with Gasteiger partial charge in [-0.3, -0.25) is 10.1 Å². The van der Waals surface area contributed by atoms with Gasteiger partial charge in [-0.15, -0.1) is 11.8 Å². The van der Waals surface area contributed by atoms with E-state index in [0.717, 1.165) is 7.11 Å². The summed E-state index contributed by atoms with van der Waals surface area (Å²) in [7, 11) is -1.92. The van der Waals surface area contributed by atoms with E-state index in [9.17, 15) is 22.8 Å². The standard InChI is InChI=1S/C16H19NO7S2/c1-10(14(18)17-16(20)23-2)24-15(19)12-5-3-4-6-13(12)25-11-7-8-26(21,22)9-11/h3-6,10-11H,7-9H2,1-2H3,(H,17,18,20)/t10-,11-/m1/s1. The lowest BCUT2D eigenvalue weighted by Crippen LogP contribution is -2.39. The topological polar surface area (TPSA) is 116 Å². The molecule has 2 atom stereocenters. The zero-order valence-electron chi connectivity index (χ0n) is 14.3. The molecule has 0 aromatic heterocycles. The van der Waals surface area contributed by atoms with E-state index in [1.54, 1.807) is 24.3 Å². The number of nitrogens with one attached hydrogen (secondary N) is 1. The van der Waals surface area contributed by atoms with Crippen LogP contribution in [0.15, 0.2) is 29.2 Å². The monoisotopic (exact) mass is 401 g/mol. The normalized spacial score (nSPS) is 19.4. The number of alkyl carbamates (subject to hydrolysis) is 1. The number of benzene rings is 1. The van der Waals surface area contributed by atoms with Gasteiger partial charge in [0.2, 0.25) is 0 Å². The fourth-order valence-corrected chi connectivity index (χ4v) is 5.92. The Morgan fingerprint density at radius 2 is 1.96 bits per heavy atom. The Labute approximate surface area is 155 Å². The zero-order valence-corrected chi connectivity index (χ0v) is 15.9. The lowest BCUT2D eigenvalue weighted by Gasteiger charge is -2.15. The van der Waals surface area contributed by atoms with Gasteiger partial charge in [-0.25, -0.2) is 18.0 Å². The van der Waals surface area contributed by atoms with Crippen LogP contribution >= 0.6 is 11.8 Å². The van der Waals surface area contributed by atoms with Crippen molar-refractivity contribution in [2.24, 2.45) is 0 Å². The van der Waals surface area contributed by atoms with Gasteiger partial charge in [0, 0.05) is 10.1 Å². The highest BCUT2D eigenvalue weighted by molar-refractivity contribution is 8.02. The smallest absolute Gasteiger partial charge is 0.413 e. The van der Waals surface area contributed by atoms with Crippen molar-refractivity contribution in [3.05, 3.63) is 29.8 Å². The van der Waals surface area contributed by atoms with Crippen LogP contribution in [0.1, 0.15) is 23.7 Å². The van der Waals surface area contributed by atoms with Crippen molar-refractivity contribution in [3.8, 4) is 0 Å². The van der Waals surface area contributed by atoms with Crippen LogP contribution < -0.4 is 5.32 Å². The molecule has 8 nitrogen and oxygen atoms in total. The second-order valence-corrected chi connectivity index (χ2v) is 9.24. The van der Waals surface area contributed by atoms with Crippen molar-refractivity contribution in [3.63, 3.8) is 0 Å².